The van der Waals surface area contributed by atoms with Gasteiger partial charge in [0.2, 0.25) is 17.7 Å². The summed E-state index contributed by atoms with van der Waals surface area (Å²) in [5, 5.41) is 22.3. The number of likely N-dealkylation sites (tertiary alicyclic amines) is 1. The first-order valence-corrected chi connectivity index (χ1v) is 20.7. The molecule has 3 saturated carbocycles. The molecule has 6 rings (SSSR count). The van der Waals surface area contributed by atoms with E-state index in [1.165, 1.54) is 11.1 Å². The van der Waals surface area contributed by atoms with Gasteiger partial charge in [0.25, 0.3) is 17.7 Å². The lowest BCUT2D eigenvalue weighted by molar-refractivity contribution is -0.146. The fraction of sp³-hybridized carbons (Fsp3) is 0.667. The van der Waals surface area contributed by atoms with E-state index in [1.54, 1.807) is 31.5 Å². The van der Waals surface area contributed by atoms with E-state index in [9.17, 15) is 29.1 Å². The number of rotatable bonds is 15. The number of carbonyl (C=O) groups excluding carboxylic acids is 5. The van der Waals surface area contributed by atoms with Crippen LogP contribution in [0.1, 0.15) is 115 Å². The molecule has 1 aliphatic heterocycles. The Kier molecular flexibility index (Phi) is 13.0. The maximum absolute atomic E-state index is 15.4. The molecular weight excluding hydrogens is 737 g/mol. The molecule has 3 aliphatic carbocycles. The minimum Gasteiger partial charge on any atom is -0.381 e. The third-order valence-electron chi connectivity index (χ3n) is 12.3. The number of hydrogen-bond donors (Lipinski definition) is 5. The highest BCUT2D eigenvalue weighted by Crippen LogP contribution is 2.51. The van der Waals surface area contributed by atoms with Crippen molar-refractivity contribution in [3.63, 3.8) is 0 Å². The van der Waals surface area contributed by atoms with Gasteiger partial charge in [-0.05, 0) is 61.3 Å². The summed E-state index contributed by atoms with van der Waals surface area (Å²) in [7, 11) is 0. The number of halogens is 2. The number of nitrogens with one attached hydrogen (secondary N) is 4. The first-order valence-electron chi connectivity index (χ1n) is 20.7. The first kappa shape index (κ1) is 42.2. The molecule has 1 aromatic carbocycles. The van der Waals surface area contributed by atoms with Crippen LogP contribution >= 0.6 is 0 Å². The van der Waals surface area contributed by atoms with Gasteiger partial charge in [-0.15, -0.1) is 0 Å². The molecule has 2 aromatic rings. The number of carbonyl (C=O) groups is 5. The lowest BCUT2D eigenvalue weighted by Crippen LogP contribution is -2.62. The molecule has 57 heavy (non-hydrogen) atoms. The van der Waals surface area contributed by atoms with Crippen molar-refractivity contribution < 1.29 is 37.9 Å². The maximum atomic E-state index is 15.4. The van der Waals surface area contributed by atoms with Gasteiger partial charge in [-0.3, -0.25) is 24.0 Å². The van der Waals surface area contributed by atoms with Gasteiger partial charge in [-0.1, -0.05) is 83.7 Å². The molecule has 312 valence electrons. The number of benzene rings is 1. The maximum Gasteiger partial charge on any atom is 0.287 e. The Bertz CT molecular complexity index is 1760. The molecule has 13 nitrogen and oxygen atoms in total. The number of aliphatic hydroxyl groups excluding tert-OH is 1. The number of imidazole rings is 1. The molecule has 4 aliphatic rings. The van der Waals surface area contributed by atoms with E-state index in [1.807, 2.05) is 37.3 Å². The highest BCUT2D eigenvalue weighted by Gasteiger charge is 2.61. The number of aromatic nitrogens is 2. The molecule has 7 atom stereocenters. The number of aliphatic hydroxyl groups is 1. The van der Waals surface area contributed by atoms with Crippen LogP contribution < -0.4 is 21.3 Å². The van der Waals surface area contributed by atoms with Crippen molar-refractivity contribution in [3.8, 4) is 0 Å². The average molecular weight is 796 g/mol. The van der Waals surface area contributed by atoms with E-state index in [0.29, 0.717) is 25.8 Å². The summed E-state index contributed by atoms with van der Waals surface area (Å²) in [6.07, 6.45) is 7.70. The van der Waals surface area contributed by atoms with Gasteiger partial charge in [-0.2, -0.15) is 0 Å². The molecule has 0 bridgehead atoms. The topological polar surface area (TPSA) is 175 Å². The van der Waals surface area contributed by atoms with Gasteiger partial charge < -0.3 is 35.8 Å². The van der Waals surface area contributed by atoms with Crippen LogP contribution in [-0.2, 0) is 25.7 Å². The fourth-order valence-electron chi connectivity index (χ4n) is 8.95. The smallest absolute Gasteiger partial charge is 0.287 e. The highest BCUT2D eigenvalue weighted by atomic mass is 19.3. The zero-order valence-corrected chi connectivity index (χ0v) is 33.5. The molecule has 4 fully saturated rings. The van der Waals surface area contributed by atoms with E-state index >= 15 is 8.78 Å². The summed E-state index contributed by atoms with van der Waals surface area (Å²) in [4.78, 5) is 75.6. The minimum absolute atomic E-state index is 0.00502. The third-order valence-corrected chi connectivity index (χ3v) is 12.3. The molecule has 0 spiro atoms. The van der Waals surface area contributed by atoms with Crippen LogP contribution in [-0.4, -0.2) is 97.9 Å². The molecule has 0 radical (unpaired) electrons. The second-order valence-corrected chi connectivity index (χ2v) is 17.7. The van der Waals surface area contributed by atoms with Crippen molar-refractivity contribution in [2.24, 2.45) is 23.2 Å². The van der Waals surface area contributed by atoms with Gasteiger partial charge >= 0.3 is 0 Å². The molecule has 15 heteroatoms. The Balaban J connectivity index is 1.23. The van der Waals surface area contributed by atoms with Crippen molar-refractivity contribution in [2.45, 2.75) is 147 Å². The number of amides is 5. The second-order valence-electron chi connectivity index (χ2n) is 17.7. The lowest BCUT2D eigenvalue weighted by Gasteiger charge is -2.38. The van der Waals surface area contributed by atoms with Crippen molar-refractivity contribution >= 4 is 29.5 Å². The van der Waals surface area contributed by atoms with Crippen molar-refractivity contribution in [1.29, 1.82) is 0 Å². The number of nitrogens with zero attached hydrogens (tertiary/aromatic N) is 3. The fourth-order valence-corrected chi connectivity index (χ4v) is 8.95. The van der Waals surface area contributed by atoms with E-state index < -0.39 is 95.9 Å². The van der Waals surface area contributed by atoms with Crippen LogP contribution in [0.15, 0.2) is 42.7 Å². The monoisotopic (exact) mass is 795 g/mol. The Morgan fingerprint density at radius 3 is 2.30 bits per heavy atom. The van der Waals surface area contributed by atoms with Crippen LogP contribution in [0.25, 0.3) is 0 Å². The average Bonchev–Trinajstić information content (AvgIpc) is 3.58. The SMILES string of the molecule is CCC[C@H](NC(=O)C1[C@H]2CCC(F)(F)[C@H]2CN1C(=O)[C@@H](NC(=O)[C@@H](NC(=O)c1nccn1Cc1ccccc1)C1CCCCC1)C(C)(C)C)C(O)C(=O)NC1CC1. The van der Waals surface area contributed by atoms with E-state index in [0.717, 1.165) is 37.7 Å². The molecule has 2 heterocycles. The Morgan fingerprint density at radius 1 is 0.947 bits per heavy atom. The summed E-state index contributed by atoms with van der Waals surface area (Å²) in [6.45, 7) is 7.07. The molecule has 1 saturated heterocycles. The normalized spacial score (nSPS) is 24.1. The van der Waals surface area contributed by atoms with Crippen molar-refractivity contribution in [2.75, 3.05) is 6.54 Å². The van der Waals surface area contributed by atoms with Crippen LogP contribution in [0.4, 0.5) is 8.78 Å². The van der Waals surface area contributed by atoms with Gasteiger partial charge in [-0.25, -0.2) is 13.8 Å². The first-order chi connectivity index (χ1) is 27.1. The largest absolute Gasteiger partial charge is 0.381 e. The van der Waals surface area contributed by atoms with Crippen LogP contribution in [0.5, 0.6) is 0 Å². The zero-order chi connectivity index (χ0) is 41.1. The van der Waals surface area contributed by atoms with Gasteiger partial charge in [0.05, 0.1) is 6.04 Å². The summed E-state index contributed by atoms with van der Waals surface area (Å²) >= 11 is 0. The molecular formula is C42H59F2N7O6. The summed E-state index contributed by atoms with van der Waals surface area (Å²) < 4.78 is 32.5. The minimum atomic E-state index is -3.12. The van der Waals surface area contributed by atoms with Crippen LogP contribution in [0.2, 0.25) is 0 Å². The molecule has 5 amide bonds. The van der Waals surface area contributed by atoms with Gasteiger partial charge in [0.15, 0.2) is 11.9 Å². The van der Waals surface area contributed by atoms with Crippen LogP contribution in [0.3, 0.4) is 0 Å². The van der Waals surface area contributed by atoms with Gasteiger partial charge in [0.1, 0.15) is 18.1 Å². The number of hydrogen-bond acceptors (Lipinski definition) is 7. The molecule has 1 aromatic heterocycles. The number of fused-ring (bicyclic) bond motifs is 1. The lowest BCUT2D eigenvalue weighted by atomic mass is 9.82. The third kappa shape index (κ3) is 9.84. The predicted octanol–water partition coefficient (Wildman–Crippen LogP) is 3.94. The van der Waals surface area contributed by atoms with Crippen molar-refractivity contribution in [3.05, 3.63) is 54.1 Å². The summed E-state index contributed by atoms with van der Waals surface area (Å²) in [5.74, 6) is -8.50. The van der Waals surface area contributed by atoms with Crippen molar-refractivity contribution in [1.82, 2.24) is 35.7 Å². The van der Waals surface area contributed by atoms with E-state index in [4.69, 9.17) is 0 Å². The molecule has 2 unspecified atom stereocenters. The van der Waals surface area contributed by atoms with E-state index in [-0.39, 0.29) is 30.6 Å². The summed E-state index contributed by atoms with van der Waals surface area (Å²) in [5.41, 5.74) is 0.0210. The quantitative estimate of drug-likeness (QED) is 0.182. The Hall–Kier alpha value is -4.40. The Labute approximate surface area is 333 Å². The number of alkyl halides is 2. The zero-order valence-electron chi connectivity index (χ0n) is 33.5. The standard InChI is InChI=1S/C42H59F2N7O6/c1-5-12-30(33(52)38(55)46-27-17-18-27)47-37(54)32-28-19-20-42(43,44)29(28)24-51(32)40(57)34(41(2,3)4)49-36(53)31(26-15-10-7-11-16-26)48-39(56)35-45-21-22-50(35)23-25-13-8-6-9-14-25/h6,8-9,13-14,21-22,26-34,52H,5,7,10-12,15-20,23-24H2,1-4H3,(H,46,55)(H,47,54)(H,48,56)(H,49,53)/t28-,29-,30-,31-,32?,33?,34+/m0/s1. The summed E-state index contributed by atoms with van der Waals surface area (Å²) in [6, 6.07) is 4.99. The van der Waals surface area contributed by atoms with Gasteiger partial charge in [0, 0.05) is 43.9 Å². The highest BCUT2D eigenvalue weighted by molar-refractivity contribution is 5.98. The molecule has 5 N–H and O–H groups in total. The van der Waals surface area contributed by atoms with Crippen LogP contribution in [0, 0.1) is 23.2 Å². The Morgan fingerprint density at radius 2 is 1.65 bits per heavy atom. The second kappa shape index (κ2) is 17.6. The van der Waals surface area contributed by atoms with E-state index in [2.05, 4.69) is 26.3 Å². The predicted molar refractivity (Wildman–Crippen MR) is 208 cm³/mol.